The highest BCUT2D eigenvalue weighted by molar-refractivity contribution is 14.1. The number of para-hydroxylation sites is 1. The fourth-order valence-corrected chi connectivity index (χ4v) is 2.30. The highest BCUT2D eigenvalue weighted by Gasteiger charge is 2.12. The van der Waals surface area contributed by atoms with Crippen LogP contribution in [0.4, 0.5) is 5.82 Å². The van der Waals surface area contributed by atoms with E-state index < -0.39 is 0 Å². The van der Waals surface area contributed by atoms with E-state index in [0.29, 0.717) is 5.88 Å². The first kappa shape index (κ1) is 14.0. The lowest BCUT2D eigenvalue weighted by atomic mass is 10.2. The summed E-state index contributed by atoms with van der Waals surface area (Å²) in [5, 5.41) is 3.09. The van der Waals surface area contributed by atoms with E-state index in [-0.39, 0.29) is 0 Å². The summed E-state index contributed by atoms with van der Waals surface area (Å²) in [6, 6.07) is 7.89. The number of nitrogens with one attached hydrogen (secondary N) is 1. The van der Waals surface area contributed by atoms with Crippen LogP contribution in [0.15, 0.2) is 30.6 Å². The molecule has 0 aliphatic heterocycles. The van der Waals surface area contributed by atoms with E-state index >= 15 is 0 Å². The van der Waals surface area contributed by atoms with E-state index in [1.54, 1.807) is 0 Å². The van der Waals surface area contributed by atoms with E-state index in [0.717, 1.165) is 33.5 Å². The molecule has 1 N–H and O–H groups in total. The summed E-state index contributed by atoms with van der Waals surface area (Å²) in [6.45, 7) is 2.13. The van der Waals surface area contributed by atoms with Gasteiger partial charge in [0, 0.05) is 7.05 Å². The predicted octanol–water partition coefficient (Wildman–Crippen LogP) is 3.87. The van der Waals surface area contributed by atoms with Crippen molar-refractivity contribution in [2.75, 3.05) is 12.4 Å². The standard InChI is InChI=1S/C14H16IN3O/c1-3-6-10-13(16-2)17-9-18-14(10)19-12-8-5-4-7-11(12)15/h4-5,7-9H,3,6H2,1-2H3,(H,16,17,18). The van der Waals surface area contributed by atoms with Gasteiger partial charge in [-0.05, 0) is 41.1 Å². The molecule has 0 spiro atoms. The molecule has 0 bridgehead atoms. The summed E-state index contributed by atoms with van der Waals surface area (Å²) in [5.74, 6) is 2.28. The van der Waals surface area contributed by atoms with Crippen LogP contribution in [-0.4, -0.2) is 17.0 Å². The number of nitrogens with zero attached hydrogens (tertiary/aromatic N) is 2. The smallest absolute Gasteiger partial charge is 0.227 e. The number of benzene rings is 1. The second-order valence-electron chi connectivity index (χ2n) is 4.04. The van der Waals surface area contributed by atoms with Crippen molar-refractivity contribution in [1.29, 1.82) is 0 Å². The number of aromatic nitrogens is 2. The molecule has 0 radical (unpaired) electrons. The zero-order valence-electron chi connectivity index (χ0n) is 11.0. The molecule has 0 amide bonds. The molecule has 1 aromatic heterocycles. The molecule has 2 rings (SSSR count). The second-order valence-corrected chi connectivity index (χ2v) is 5.20. The molecule has 100 valence electrons. The molecule has 4 nitrogen and oxygen atoms in total. The molecule has 0 aliphatic rings. The molecule has 0 aliphatic carbocycles. The van der Waals surface area contributed by atoms with Crippen LogP contribution in [0.25, 0.3) is 0 Å². The number of anilines is 1. The maximum Gasteiger partial charge on any atom is 0.227 e. The third-order valence-electron chi connectivity index (χ3n) is 2.69. The minimum atomic E-state index is 0.630. The lowest BCUT2D eigenvalue weighted by Gasteiger charge is -2.13. The Hall–Kier alpha value is -1.37. The number of hydrogen-bond acceptors (Lipinski definition) is 4. The first-order valence-corrected chi connectivity index (χ1v) is 7.28. The SMILES string of the molecule is CCCc1c(NC)ncnc1Oc1ccccc1I. The monoisotopic (exact) mass is 369 g/mol. The molecule has 0 saturated carbocycles. The summed E-state index contributed by atoms with van der Waals surface area (Å²) < 4.78 is 7.00. The van der Waals surface area contributed by atoms with E-state index in [1.165, 1.54) is 6.33 Å². The van der Waals surface area contributed by atoms with Gasteiger partial charge in [-0.3, -0.25) is 0 Å². The van der Waals surface area contributed by atoms with Crippen molar-refractivity contribution < 1.29 is 4.74 Å². The summed E-state index contributed by atoms with van der Waals surface area (Å²) in [5.41, 5.74) is 1.02. The second kappa shape index (κ2) is 6.70. The lowest BCUT2D eigenvalue weighted by molar-refractivity contribution is 0.451. The number of rotatable bonds is 5. The van der Waals surface area contributed by atoms with E-state index in [9.17, 15) is 0 Å². The third-order valence-corrected chi connectivity index (χ3v) is 3.58. The maximum atomic E-state index is 5.94. The molecular formula is C14H16IN3O. The van der Waals surface area contributed by atoms with Crippen LogP contribution in [0, 0.1) is 3.57 Å². The Morgan fingerprint density at radius 3 is 2.74 bits per heavy atom. The third kappa shape index (κ3) is 3.34. The summed E-state index contributed by atoms with van der Waals surface area (Å²) in [7, 11) is 1.86. The van der Waals surface area contributed by atoms with E-state index in [4.69, 9.17) is 4.74 Å². The summed E-state index contributed by atoms with van der Waals surface area (Å²) in [4.78, 5) is 8.50. The van der Waals surface area contributed by atoms with Crippen LogP contribution in [0.2, 0.25) is 0 Å². The quantitative estimate of drug-likeness (QED) is 0.813. The Bertz CT molecular complexity index is 560. The fourth-order valence-electron chi connectivity index (χ4n) is 1.81. The highest BCUT2D eigenvalue weighted by atomic mass is 127. The van der Waals surface area contributed by atoms with Crippen LogP contribution in [0.5, 0.6) is 11.6 Å². The van der Waals surface area contributed by atoms with Gasteiger partial charge in [-0.1, -0.05) is 25.5 Å². The van der Waals surface area contributed by atoms with Crippen molar-refractivity contribution in [3.8, 4) is 11.6 Å². The number of hydrogen-bond donors (Lipinski definition) is 1. The van der Waals surface area contributed by atoms with Gasteiger partial charge in [0.25, 0.3) is 0 Å². The Labute approximate surface area is 126 Å². The average Bonchev–Trinajstić information content (AvgIpc) is 2.43. The van der Waals surface area contributed by atoms with Crippen molar-refractivity contribution in [3.63, 3.8) is 0 Å². The first-order valence-electron chi connectivity index (χ1n) is 6.20. The van der Waals surface area contributed by atoms with Gasteiger partial charge < -0.3 is 10.1 Å². The normalized spacial score (nSPS) is 10.3. The fraction of sp³-hybridized carbons (Fsp3) is 0.286. The largest absolute Gasteiger partial charge is 0.437 e. The Balaban J connectivity index is 2.37. The highest BCUT2D eigenvalue weighted by Crippen LogP contribution is 2.30. The minimum Gasteiger partial charge on any atom is -0.437 e. The lowest BCUT2D eigenvalue weighted by Crippen LogP contribution is -2.03. The van der Waals surface area contributed by atoms with Gasteiger partial charge >= 0.3 is 0 Å². The van der Waals surface area contributed by atoms with Crippen molar-refractivity contribution >= 4 is 28.4 Å². The Morgan fingerprint density at radius 1 is 1.26 bits per heavy atom. The Morgan fingerprint density at radius 2 is 2.05 bits per heavy atom. The van der Waals surface area contributed by atoms with E-state index in [2.05, 4.69) is 44.8 Å². The van der Waals surface area contributed by atoms with E-state index in [1.807, 2.05) is 31.3 Å². The molecule has 1 heterocycles. The Kier molecular flexibility index (Phi) is 4.95. The minimum absolute atomic E-state index is 0.630. The van der Waals surface area contributed by atoms with Gasteiger partial charge in [-0.2, -0.15) is 0 Å². The van der Waals surface area contributed by atoms with Gasteiger partial charge in [0.2, 0.25) is 5.88 Å². The molecule has 0 unspecified atom stereocenters. The maximum absolute atomic E-state index is 5.94. The molecular weight excluding hydrogens is 353 g/mol. The van der Waals surface area contributed by atoms with Gasteiger partial charge in [0.15, 0.2) is 0 Å². The molecule has 5 heteroatoms. The van der Waals surface area contributed by atoms with Crippen LogP contribution in [0.1, 0.15) is 18.9 Å². The zero-order valence-corrected chi connectivity index (χ0v) is 13.1. The topological polar surface area (TPSA) is 47.0 Å². The van der Waals surface area contributed by atoms with Crippen LogP contribution < -0.4 is 10.1 Å². The number of ether oxygens (including phenoxy) is 1. The van der Waals surface area contributed by atoms with Gasteiger partial charge in [0.05, 0.1) is 9.13 Å². The van der Waals surface area contributed by atoms with Crippen molar-refractivity contribution in [2.24, 2.45) is 0 Å². The van der Waals surface area contributed by atoms with Crippen LogP contribution >= 0.6 is 22.6 Å². The summed E-state index contributed by atoms with van der Waals surface area (Å²) >= 11 is 2.25. The predicted molar refractivity (Wildman–Crippen MR) is 84.8 cm³/mol. The molecule has 0 atom stereocenters. The molecule has 1 aromatic carbocycles. The van der Waals surface area contributed by atoms with Crippen molar-refractivity contribution in [2.45, 2.75) is 19.8 Å². The number of halogens is 1. The van der Waals surface area contributed by atoms with Crippen molar-refractivity contribution in [1.82, 2.24) is 9.97 Å². The molecule has 0 fully saturated rings. The summed E-state index contributed by atoms with van der Waals surface area (Å²) in [6.07, 6.45) is 3.43. The first-order chi connectivity index (χ1) is 9.26. The van der Waals surface area contributed by atoms with Gasteiger partial charge in [-0.15, -0.1) is 0 Å². The van der Waals surface area contributed by atoms with Crippen LogP contribution in [-0.2, 0) is 6.42 Å². The zero-order chi connectivity index (χ0) is 13.7. The van der Waals surface area contributed by atoms with Crippen LogP contribution in [0.3, 0.4) is 0 Å². The van der Waals surface area contributed by atoms with Crippen molar-refractivity contribution in [3.05, 3.63) is 39.7 Å². The average molecular weight is 369 g/mol. The van der Waals surface area contributed by atoms with Gasteiger partial charge in [0.1, 0.15) is 17.9 Å². The molecule has 2 aromatic rings. The molecule has 0 saturated heterocycles. The van der Waals surface area contributed by atoms with Gasteiger partial charge in [-0.25, -0.2) is 9.97 Å². The molecule has 19 heavy (non-hydrogen) atoms.